The van der Waals surface area contributed by atoms with Gasteiger partial charge in [-0.2, -0.15) is 18.3 Å². The van der Waals surface area contributed by atoms with Crippen LogP contribution in [0.5, 0.6) is 0 Å². The molecular weight excluding hydrogens is 483 g/mol. The van der Waals surface area contributed by atoms with Crippen LogP contribution in [0.1, 0.15) is 66.7 Å². The molecule has 0 aliphatic heterocycles. The highest BCUT2D eigenvalue weighted by atomic mass is 19.4. The van der Waals surface area contributed by atoms with Gasteiger partial charge in [0, 0.05) is 18.0 Å². The number of amides is 1. The fourth-order valence-electron chi connectivity index (χ4n) is 5.86. The number of aliphatic carboxylic acids is 1. The van der Waals surface area contributed by atoms with Gasteiger partial charge in [0.05, 0.1) is 17.0 Å². The van der Waals surface area contributed by atoms with Crippen LogP contribution in [0.3, 0.4) is 0 Å². The average Bonchev–Trinajstić information content (AvgIpc) is 3.14. The van der Waals surface area contributed by atoms with E-state index < -0.39 is 17.7 Å². The van der Waals surface area contributed by atoms with Crippen molar-refractivity contribution in [1.82, 2.24) is 15.1 Å². The van der Waals surface area contributed by atoms with Gasteiger partial charge in [-0.05, 0) is 72.8 Å². The van der Waals surface area contributed by atoms with Crippen molar-refractivity contribution in [3.8, 4) is 0 Å². The SMILES string of the molecule is CC(C)Cn1nc(C(=O)NC2CCC23CC(C(=O)O)C3)c2c(Cc3ccc(C(F)(F)F)cc3)cccc21. The number of nitrogens with zero attached hydrogens (tertiary/aromatic N) is 2. The second-order valence-electron chi connectivity index (χ2n) is 11.0. The molecule has 2 saturated carbocycles. The van der Waals surface area contributed by atoms with Crippen molar-refractivity contribution in [2.45, 2.75) is 64.7 Å². The Morgan fingerprint density at radius 2 is 1.86 bits per heavy atom. The minimum absolute atomic E-state index is 0.0806. The average molecular weight is 514 g/mol. The maximum absolute atomic E-state index is 13.5. The Bertz CT molecular complexity index is 1340. The molecular formula is C28H30F3N3O3. The van der Waals surface area contributed by atoms with Crippen LogP contribution in [-0.2, 0) is 23.9 Å². The molecule has 2 aliphatic rings. The molecule has 1 atom stereocenters. The number of hydrogen-bond donors (Lipinski definition) is 2. The van der Waals surface area contributed by atoms with Crippen LogP contribution in [0, 0.1) is 17.3 Å². The smallest absolute Gasteiger partial charge is 0.416 e. The number of benzene rings is 2. The summed E-state index contributed by atoms with van der Waals surface area (Å²) in [6.07, 6.45) is -1.17. The van der Waals surface area contributed by atoms with Gasteiger partial charge in [-0.1, -0.05) is 38.1 Å². The highest BCUT2D eigenvalue weighted by Crippen LogP contribution is 2.58. The maximum Gasteiger partial charge on any atom is 0.416 e. The van der Waals surface area contributed by atoms with E-state index in [2.05, 4.69) is 24.3 Å². The van der Waals surface area contributed by atoms with Crippen molar-refractivity contribution in [1.29, 1.82) is 0 Å². The predicted molar refractivity (Wildman–Crippen MR) is 132 cm³/mol. The number of rotatable bonds is 7. The summed E-state index contributed by atoms with van der Waals surface area (Å²) in [5.41, 5.74) is 1.79. The first-order valence-electron chi connectivity index (χ1n) is 12.6. The molecule has 196 valence electrons. The minimum atomic E-state index is -4.40. The molecule has 2 aliphatic carbocycles. The molecule has 2 fully saturated rings. The molecule has 6 nitrogen and oxygen atoms in total. The fourth-order valence-corrected chi connectivity index (χ4v) is 5.86. The van der Waals surface area contributed by atoms with E-state index in [1.807, 2.05) is 22.9 Å². The molecule has 9 heteroatoms. The van der Waals surface area contributed by atoms with E-state index in [-0.39, 0.29) is 29.2 Å². The first kappa shape index (κ1) is 25.3. The van der Waals surface area contributed by atoms with Crippen molar-refractivity contribution in [2.24, 2.45) is 17.3 Å². The zero-order valence-electron chi connectivity index (χ0n) is 20.8. The van der Waals surface area contributed by atoms with Crippen molar-refractivity contribution in [3.63, 3.8) is 0 Å². The number of nitrogens with one attached hydrogen (secondary N) is 1. The number of hydrogen-bond acceptors (Lipinski definition) is 3. The van der Waals surface area contributed by atoms with Gasteiger partial charge in [0.25, 0.3) is 5.91 Å². The third kappa shape index (κ3) is 4.71. The van der Waals surface area contributed by atoms with Gasteiger partial charge < -0.3 is 10.4 Å². The van der Waals surface area contributed by atoms with Gasteiger partial charge in [0.1, 0.15) is 0 Å². The highest BCUT2D eigenvalue weighted by molar-refractivity contribution is 6.06. The molecule has 37 heavy (non-hydrogen) atoms. The van der Waals surface area contributed by atoms with Crippen molar-refractivity contribution in [2.75, 3.05) is 0 Å². The van der Waals surface area contributed by atoms with E-state index in [1.54, 1.807) is 0 Å². The van der Waals surface area contributed by atoms with Gasteiger partial charge in [-0.25, -0.2) is 0 Å². The molecule has 0 saturated heterocycles. The molecule has 0 bridgehead atoms. The Morgan fingerprint density at radius 3 is 2.43 bits per heavy atom. The Kier molecular flexibility index (Phi) is 6.28. The number of carboxylic acid groups (broad SMARTS) is 1. The molecule has 2 aromatic carbocycles. The van der Waals surface area contributed by atoms with Crippen molar-refractivity contribution >= 4 is 22.8 Å². The van der Waals surface area contributed by atoms with Crippen LogP contribution in [0.15, 0.2) is 42.5 Å². The standard InChI is InChI=1S/C28H30F3N3O3/c1-16(2)15-34-21-5-3-4-18(12-17-6-8-20(9-7-17)28(29,30)31)23(21)24(33-34)25(35)32-22-10-11-27(22)13-19(14-27)26(36)37/h3-9,16,19,22H,10-15H2,1-2H3,(H,32,35)(H,36,37). The van der Waals surface area contributed by atoms with Gasteiger partial charge in [-0.15, -0.1) is 0 Å². The van der Waals surface area contributed by atoms with Crippen LogP contribution in [0.4, 0.5) is 13.2 Å². The third-order valence-electron chi connectivity index (χ3n) is 7.92. The lowest BCUT2D eigenvalue weighted by Crippen LogP contribution is -2.62. The van der Waals surface area contributed by atoms with E-state index in [0.29, 0.717) is 42.5 Å². The van der Waals surface area contributed by atoms with E-state index >= 15 is 0 Å². The number of fused-ring (bicyclic) bond motifs is 1. The molecule has 1 unspecified atom stereocenters. The lowest BCUT2D eigenvalue weighted by molar-refractivity contribution is -0.156. The zero-order chi connectivity index (χ0) is 26.5. The van der Waals surface area contributed by atoms with Crippen LogP contribution in [0.2, 0.25) is 0 Å². The zero-order valence-corrected chi connectivity index (χ0v) is 20.8. The summed E-state index contributed by atoms with van der Waals surface area (Å²) in [4.78, 5) is 24.8. The Morgan fingerprint density at radius 1 is 1.16 bits per heavy atom. The van der Waals surface area contributed by atoms with Gasteiger partial charge in [0.15, 0.2) is 5.69 Å². The van der Waals surface area contributed by atoms with Gasteiger partial charge in [-0.3, -0.25) is 14.3 Å². The lowest BCUT2D eigenvalue weighted by atomic mass is 9.49. The number of carbonyl (C=O) groups is 2. The van der Waals surface area contributed by atoms with Crippen LogP contribution in [-0.4, -0.2) is 32.8 Å². The topological polar surface area (TPSA) is 84.2 Å². The summed E-state index contributed by atoms with van der Waals surface area (Å²) >= 11 is 0. The lowest BCUT2D eigenvalue weighted by Gasteiger charge is -2.58. The Hall–Kier alpha value is -3.36. The minimum Gasteiger partial charge on any atom is -0.481 e. The first-order valence-corrected chi connectivity index (χ1v) is 12.6. The Labute approximate surface area is 212 Å². The third-order valence-corrected chi connectivity index (χ3v) is 7.92. The molecule has 3 aromatic rings. The van der Waals surface area contributed by atoms with Gasteiger partial charge >= 0.3 is 12.1 Å². The second kappa shape index (κ2) is 9.19. The second-order valence-corrected chi connectivity index (χ2v) is 11.0. The van der Waals surface area contributed by atoms with E-state index in [9.17, 15) is 27.9 Å². The molecule has 5 rings (SSSR count). The molecule has 0 radical (unpaired) electrons. The molecule has 2 N–H and O–H groups in total. The number of aromatic nitrogens is 2. The fraction of sp³-hybridized carbons (Fsp3) is 0.464. The molecule has 1 aromatic heterocycles. The van der Waals surface area contributed by atoms with Gasteiger partial charge in [0.2, 0.25) is 0 Å². The molecule has 1 heterocycles. The summed E-state index contributed by atoms with van der Waals surface area (Å²) in [5, 5.41) is 17.8. The summed E-state index contributed by atoms with van der Waals surface area (Å²) in [7, 11) is 0. The van der Waals surface area contributed by atoms with Crippen molar-refractivity contribution < 1.29 is 27.9 Å². The highest BCUT2D eigenvalue weighted by Gasteiger charge is 2.57. The maximum atomic E-state index is 13.5. The summed E-state index contributed by atoms with van der Waals surface area (Å²) in [6, 6.07) is 10.7. The summed E-state index contributed by atoms with van der Waals surface area (Å²) < 4.78 is 40.8. The molecule has 1 amide bonds. The number of halogens is 3. The number of carboxylic acids is 1. The van der Waals surface area contributed by atoms with E-state index in [0.717, 1.165) is 36.1 Å². The van der Waals surface area contributed by atoms with Crippen LogP contribution < -0.4 is 5.32 Å². The number of carbonyl (C=O) groups excluding carboxylic acids is 1. The largest absolute Gasteiger partial charge is 0.481 e. The van der Waals surface area contributed by atoms with Crippen LogP contribution in [0.25, 0.3) is 10.9 Å². The first-order chi connectivity index (χ1) is 17.5. The number of alkyl halides is 3. The molecule has 1 spiro atoms. The Balaban J connectivity index is 1.45. The predicted octanol–water partition coefficient (Wildman–Crippen LogP) is 5.68. The van der Waals surface area contributed by atoms with Crippen molar-refractivity contribution in [3.05, 3.63) is 64.8 Å². The van der Waals surface area contributed by atoms with E-state index in [1.165, 1.54) is 12.1 Å². The summed E-state index contributed by atoms with van der Waals surface area (Å²) in [6.45, 7) is 4.74. The summed E-state index contributed by atoms with van der Waals surface area (Å²) in [5.74, 6) is -1.14. The quantitative estimate of drug-likeness (QED) is 0.426. The normalized spacial score (nSPS) is 23.2. The van der Waals surface area contributed by atoms with E-state index in [4.69, 9.17) is 0 Å². The van der Waals surface area contributed by atoms with Crippen LogP contribution >= 0.6 is 0 Å². The monoisotopic (exact) mass is 513 g/mol.